The molecule has 2 aliphatic heterocycles. The Morgan fingerprint density at radius 3 is 2.80 bits per heavy atom. The Morgan fingerprint density at radius 1 is 1.28 bits per heavy atom. The molecule has 0 bridgehead atoms. The topological polar surface area (TPSA) is 67.9 Å². The molecular formula is C19H24N2O4. The average Bonchev–Trinajstić information content (AvgIpc) is 3.18. The summed E-state index contributed by atoms with van der Waals surface area (Å²) in [5.41, 5.74) is 0.842. The van der Waals surface area contributed by atoms with Gasteiger partial charge in [0.1, 0.15) is 0 Å². The molecule has 0 radical (unpaired) electrons. The molecule has 4 rings (SSSR count). The Balaban J connectivity index is 1.36. The van der Waals surface area contributed by atoms with Gasteiger partial charge in [0.2, 0.25) is 18.6 Å². The number of fused-ring (bicyclic) bond motifs is 1. The Morgan fingerprint density at radius 2 is 2.04 bits per heavy atom. The molecule has 3 aliphatic rings. The fourth-order valence-electron chi connectivity index (χ4n) is 3.52. The summed E-state index contributed by atoms with van der Waals surface area (Å²) in [6.07, 6.45) is 2.50. The summed E-state index contributed by atoms with van der Waals surface area (Å²) < 4.78 is 10.8. The molecule has 1 aromatic rings. The second-order valence-electron chi connectivity index (χ2n) is 7.85. The Labute approximate surface area is 147 Å². The summed E-state index contributed by atoms with van der Waals surface area (Å²) in [6, 6.07) is 6.27. The number of ether oxygens (including phenoxy) is 2. The van der Waals surface area contributed by atoms with Crippen molar-refractivity contribution in [2.45, 2.75) is 44.6 Å². The molecular weight excluding hydrogens is 320 g/mol. The maximum atomic E-state index is 12.5. The van der Waals surface area contributed by atoms with E-state index in [0.29, 0.717) is 25.6 Å². The highest BCUT2D eigenvalue weighted by Gasteiger charge is 2.41. The van der Waals surface area contributed by atoms with Crippen molar-refractivity contribution in [2.75, 3.05) is 19.9 Å². The zero-order chi connectivity index (χ0) is 17.6. The van der Waals surface area contributed by atoms with E-state index < -0.39 is 0 Å². The standard InChI is InChI=1S/C19H24N2O4/c1-19(2,13-3-6-15-16(8-13)25-11-24-15)10-20-18(23)12-7-17(22)21(9-12)14-4-5-14/h3,6,8,12,14H,4-5,7,9-11H2,1-2H3,(H,20,23)/t12-/m0/s1. The van der Waals surface area contributed by atoms with Crippen molar-refractivity contribution in [3.63, 3.8) is 0 Å². The fourth-order valence-corrected chi connectivity index (χ4v) is 3.52. The summed E-state index contributed by atoms with van der Waals surface area (Å²) in [6.45, 7) is 5.50. The lowest BCUT2D eigenvalue weighted by Crippen LogP contribution is -2.40. The van der Waals surface area contributed by atoms with Crippen molar-refractivity contribution < 1.29 is 19.1 Å². The van der Waals surface area contributed by atoms with Crippen molar-refractivity contribution in [2.24, 2.45) is 5.92 Å². The molecule has 25 heavy (non-hydrogen) atoms. The normalized spacial score (nSPS) is 22.4. The molecule has 1 saturated carbocycles. The van der Waals surface area contributed by atoms with Crippen LogP contribution < -0.4 is 14.8 Å². The molecule has 6 heteroatoms. The first-order valence-electron chi connectivity index (χ1n) is 8.91. The van der Waals surface area contributed by atoms with E-state index in [1.54, 1.807) is 0 Å². The van der Waals surface area contributed by atoms with Crippen molar-refractivity contribution in [1.29, 1.82) is 0 Å². The third kappa shape index (κ3) is 3.17. The van der Waals surface area contributed by atoms with Crippen molar-refractivity contribution in [3.05, 3.63) is 23.8 Å². The minimum Gasteiger partial charge on any atom is -0.454 e. The molecule has 0 spiro atoms. The highest BCUT2D eigenvalue weighted by molar-refractivity contribution is 5.89. The average molecular weight is 344 g/mol. The summed E-state index contributed by atoms with van der Waals surface area (Å²) in [5.74, 6) is 1.38. The monoisotopic (exact) mass is 344 g/mol. The minimum absolute atomic E-state index is 0.0229. The Bertz CT molecular complexity index is 711. The van der Waals surface area contributed by atoms with Crippen molar-refractivity contribution >= 4 is 11.8 Å². The maximum Gasteiger partial charge on any atom is 0.231 e. The molecule has 1 atom stereocenters. The third-order valence-electron chi connectivity index (χ3n) is 5.38. The first-order valence-corrected chi connectivity index (χ1v) is 8.91. The van der Waals surface area contributed by atoms with Gasteiger partial charge in [-0.1, -0.05) is 19.9 Å². The van der Waals surface area contributed by atoms with Gasteiger partial charge in [-0.3, -0.25) is 9.59 Å². The Hall–Kier alpha value is -2.24. The summed E-state index contributed by atoms with van der Waals surface area (Å²) in [7, 11) is 0. The van der Waals surface area contributed by atoms with E-state index >= 15 is 0 Å². The zero-order valence-electron chi connectivity index (χ0n) is 14.7. The Kier molecular flexibility index (Phi) is 3.85. The second-order valence-corrected chi connectivity index (χ2v) is 7.85. The van der Waals surface area contributed by atoms with Gasteiger partial charge in [0, 0.05) is 31.0 Å². The van der Waals surface area contributed by atoms with E-state index in [1.165, 1.54) is 0 Å². The third-order valence-corrected chi connectivity index (χ3v) is 5.38. The van der Waals surface area contributed by atoms with Crippen LogP contribution >= 0.6 is 0 Å². The molecule has 2 fully saturated rings. The quantitative estimate of drug-likeness (QED) is 0.885. The van der Waals surface area contributed by atoms with Crippen LogP contribution in [0.3, 0.4) is 0 Å². The highest BCUT2D eigenvalue weighted by atomic mass is 16.7. The molecule has 0 unspecified atom stereocenters. The van der Waals surface area contributed by atoms with E-state index in [4.69, 9.17) is 9.47 Å². The lowest BCUT2D eigenvalue weighted by molar-refractivity contribution is -0.129. The number of carbonyl (C=O) groups is 2. The number of carbonyl (C=O) groups excluding carboxylic acids is 2. The number of likely N-dealkylation sites (tertiary alicyclic amines) is 1. The van der Waals surface area contributed by atoms with Gasteiger partial charge < -0.3 is 19.7 Å². The SMILES string of the molecule is CC(C)(CNC(=O)[C@H]1CC(=O)N(C2CC2)C1)c1ccc2c(c1)OCO2. The number of nitrogens with one attached hydrogen (secondary N) is 1. The number of hydrogen-bond donors (Lipinski definition) is 1. The number of nitrogens with zero attached hydrogens (tertiary/aromatic N) is 1. The lowest BCUT2D eigenvalue weighted by Gasteiger charge is -2.26. The van der Waals surface area contributed by atoms with Crippen LogP contribution in [0, 0.1) is 5.92 Å². The van der Waals surface area contributed by atoms with Gasteiger partial charge in [0.15, 0.2) is 11.5 Å². The predicted octanol–water partition coefficient (Wildman–Crippen LogP) is 1.82. The fraction of sp³-hybridized carbons (Fsp3) is 0.579. The van der Waals surface area contributed by atoms with Crippen LogP contribution in [0.1, 0.15) is 38.7 Å². The van der Waals surface area contributed by atoms with Crippen LogP contribution in [0.2, 0.25) is 0 Å². The highest BCUT2D eigenvalue weighted by Crippen LogP contribution is 2.36. The second kappa shape index (κ2) is 5.93. The molecule has 1 saturated heterocycles. The van der Waals surface area contributed by atoms with Crippen LogP contribution in [-0.4, -0.2) is 42.6 Å². The van der Waals surface area contributed by atoms with Gasteiger partial charge in [-0.05, 0) is 30.5 Å². The molecule has 1 aromatic carbocycles. The van der Waals surface area contributed by atoms with Gasteiger partial charge >= 0.3 is 0 Å². The van der Waals surface area contributed by atoms with E-state index in [-0.39, 0.29) is 29.9 Å². The van der Waals surface area contributed by atoms with Gasteiger partial charge in [-0.15, -0.1) is 0 Å². The zero-order valence-corrected chi connectivity index (χ0v) is 14.7. The molecule has 0 aromatic heterocycles. The first kappa shape index (κ1) is 16.2. The van der Waals surface area contributed by atoms with Gasteiger partial charge in [-0.25, -0.2) is 0 Å². The molecule has 1 aliphatic carbocycles. The summed E-state index contributed by atoms with van der Waals surface area (Å²) in [5, 5.41) is 3.04. The van der Waals surface area contributed by atoms with E-state index in [9.17, 15) is 9.59 Å². The minimum atomic E-state index is -0.241. The van der Waals surface area contributed by atoms with Crippen molar-refractivity contribution in [3.8, 4) is 11.5 Å². The predicted molar refractivity (Wildman–Crippen MR) is 91.4 cm³/mol. The molecule has 2 amide bonds. The van der Waals surface area contributed by atoms with Crippen molar-refractivity contribution in [1.82, 2.24) is 10.2 Å². The van der Waals surface area contributed by atoms with E-state index in [1.807, 2.05) is 23.1 Å². The van der Waals surface area contributed by atoms with Crippen LogP contribution in [0.5, 0.6) is 11.5 Å². The number of rotatable bonds is 5. The van der Waals surface area contributed by atoms with E-state index in [2.05, 4.69) is 19.2 Å². The molecule has 2 heterocycles. The summed E-state index contributed by atoms with van der Waals surface area (Å²) in [4.78, 5) is 26.4. The summed E-state index contributed by atoms with van der Waals surface area (Å²) >= 11 is 0. The molecule has 1 N–H and O–H groups in total. The van der Waals surface area contributed by atoms with Gasteiger partial charge in [-0.2, -0.15) is 0 Å². The van der Waals surface area contributed by atoms with Crippen LogP contribution in [0.15, 0.2) is 18.2 Å². The molecule has 134 valence electrons. The maximum absolute atomic E-state index is 12.5. The first-order chi connectivity index (χ1) is 11.9. The van der Waals surface area contributed by atoms with Crippen LogP contribution in [0.4, 0.5) is 0 Å². The van der Waals surface area contributed by atoms with E-state index in [0.717, 1.165) is 29.9 Å². The molecule has 6 nitrogen and oxygen atoms in total. The van der Waals surface area contributed by atoms with Crippen LogP contribution in [0.25, 0.3) is 0 Å². The number of amides is 2. The number of hydrogen-bond acceptors (Lipinski definition) is 4. The smallest absolute Gasteiger partial charge is 0.231 e. The van der Waals surface area contributed by atoms with Gasteiger partial charge in [0.05, 0.1) is 5.92 Å². The lowest BCUT2D eigenvalue weighted by atomic mass is 9.84. The van der Waals surface area contributed by atoms with Gasteiger partial charge in [0.25, 0.3) is 0 Å². The van der Waals surface area contributed by atoms with Crippen LogP contribution in [-0.2, 0) is 15.0 Å². The largest absolute Gasteiger partial charge is 0.454 e. The number of benzene rings is 1.